The first kappa shape index (κ1) is 12.7. The Morgan fingerprint density at radius 1 is 1.17 bits per heavy atom. The molecule has 18 heavy (non-hydrogen) atoms. The van der Waals surface area contributed by atoms with E-state index in [1.54, 1.807) is 6.33 Å². The first-order valence-electron chi connectivity index (χ1n) is 6.35. The molecule has 2 aromatic rings. The zero-order valence-corrected chi connectivity index (χ0v) is 10.9. The Hall–Kier alpha value is -1.75. The van der Waals surface area contributed by atoms with E-state index in [-0.39, 0.29) is 6.04 Å². The summed E-state index contributed by atoms with van der Waals surface area (Å²) in [5, 5.41) is 7.83. The number of aryl methyl sites for hydroxylation is 1. The molecule has 1 unspecified atom stereocenters. The fourth-order valence-corrected chi connectivity index (χ4v) is 1.88. The lowest BCUT2D eigenvalue weighted by molar-refractivity contribution is 0.593. The molecule has 5 nitrogen and oxygen atoms in total. The van der Waals surface area contributed by atoms with Crippen LogP contribution in [0.15, 0.2) is 31.1 Å². The van der Waals surface area contributed by atoms with Crippen LogP contribution in [0, 0.1) is 0 Å². The van der Waals surface area contributed by atoms with Gasteiger partial charge in [0.1, 0.15) is 6.33 Å². The Balaban J connectivity index is 2.24. The second-order valence-electron chi connectivity index (χ2n) is 4.19. The highest BCUT2D eigenvalue weighted by atomic mass is 15.3. The highest BCUT2D eigenvalue weighted by Crippen LogP contribution is 2.20. The largest absolute Gasteiger partial charge is 0.306 e. The van der Waals surface area contributed by atoms with E-state index in [4.69, 9.17) is 0 Å². The molecule has 2 aromatic heterocycles. The molecule has 5 heteroatoms. The zero-order valence-electron chi connectivity index (χ0n) is 10.9. The van der Waals surface area contributed by atoms with Crippen LogP contribution < -0.4 is 5.32 Å². The van der Waals surface area contributed by atoms with Crippen LogP contribution in [0.4, 0.5) is 0 Å². The Morgan fingerprint density at radius 2 is 1.94 bits per heavy atom. The van der Waals surface area contributed by atoms with Crippen molar-refractivity contribution in [3.63, 3.8) is 0 Å². The van der Waals surface area contributed by atoms with Gasteiger partial charge < -0.3 is 5.32 Å². The number of nitrogens with one attached hydrogen (secondary N) is 1. The Labute approximate surface area is 107 Å². The molecular weight excluding hydrogens is 226 g/mol. The molecular formula is C13H19N5. The van der Waals surface area contributed by atoms with Crippen molar-refractivity contribution in [1.29, 1.82) is 0 Å². The molecule has 0 bridgehead atoms. The maximum Gasteiger partial charge on any atom is 0.115 e. The normalized spacial score (nSPS) is 12.6. The van der Waals surface area contributed by atoms with Crippen LogP contribution in [0.2, 0.25) is 0 Å². The molecule has 0 amide bonds. The summed E-state index contributed by atoms with van der Waals surface area (Å²) in [6, 6.07) is 0.117. The molecule has 0 aliphatic rings. The molecule has 0 spiro atoms. The monoisotopic (exact) mass is 245 g/mol. The minimum Gasteiger partial charge on any atom is -0.306 e. The van der Waals surface area contributed by atoms with E-state index in [9.17, 15) is 0 Å². The van der Waals surface area contributed by atoms with Crippen molar-refractivity contribution in [1.82, 2.24) is 25.1 Å². The van der Waals surface area contributed by atoms with E-state index in [2.05, 4.69) is 40.4 Å². The molecule has 0 saturated carbocycles. The van der Waals surface area contributed by atoms with E-state index in [1.165, 1.54) is 0 Å². The number of aromatic nitrogens is 4. The molecule has 2 heterocycles. The van der Waals surface area contributed by atoms with Crippen molar-refractivity contribution in [2.75, 3.05) is 6.54 Å². The third kappa shape index (κ3) is 2.92. The van der Waals surface area contributed by atoms with Gasteiger partial charge in [-0.15, -0.1) is 0 Å². The second-order valence-corrected chi connectivity index (χ2v) is 4.19. The van der Waals surface area contributed by atoms with Crippen molar-refractivity contribution < 1.29 is 0 Å². The number of rotatable bonds is 6. The van der Waals surface area contributed by atoms with E-state index in [1.807, 2.05) is 23.3 Å². The highest BCUT2D eigenvalue weighted by molar-refractivity contribution is 5.24. The molecule has 1 atom stereocenters. The van der Waals surface area contributed by atoms with Gasteiger partial charge in [-0.25, -0.2) is 9.97 Å². The molecule has 0 radical (unpaired) electrons. The van der Waals surface area contributed by atoms with E-state index < -0.39 is 0 Å². The Kier molecular flexibility index (Phi) is 4.41. The summed E-state index contributed by atoms with van der Waals surface area (Å²) in [7, 11) is 0. The van der Waals surface area contributed by atoms with Crippen molar-refractivity contribution in [3.8, 4) is 0 Å². The summed E-state index contributed by atoms with van der Waals surface area (Å²) < 4.78 is 1.93. The molecule has 1 N–H and O–H groups in total. The van der Waals surface area contributed by atoms with Crippen LogP contribution in [0.25, 0.3) is 0 Å². The van der Waals surface area contributed by atoms with Gasteiger partial charge in [-0.1, -0.05) is 6.92 Å². The molecule has 0 aliphatic carbocycles. The fourth-order valence-electron chi connectivity index (χ4n) is 1.88. The SMILES string of the molecule is CCCNC(c1cncnc1)c1cnn(CC)c1. The van der Waals surface area contributed by atoms with Gasteiger partial charge in [-0.2, -0.15) is 5.10 Å². The predicted octanol–water partition coefficient (Wildman–Crippen LogP) is 1.78. The topological polar surface area (TPSA) is 55.6 Å². The summed E-state index contributed by atoms with van der Waals surface area (Å²) in [6.07, 6.45) is 10.3. The van der Waals surface area contributed by atoms with E-state index >= 15 is 0 Å². The summed E-state index contributed by atoms with van der Waals surface area (Å²) >= 11 is 0. The number of nitrogens with zero attached hydrogens (tertiary/aromatic N) is 4. The lowest BCUT2D eigenvalue weighted by Gasteiger charge is -2.16. The first-order chi connectivity index (χ1) is 8.85. The van der Waals surface area contributed by atoms with Crippen LogP contribution in [-0.2, 0) is 6.54 Å². The Bertz CT molecular complexity index is 465. The van der Waals surface area contributed by atoms with Crippen LogP contribution >= 0.6 is 0 Å². The van der Waals surface area contributed by atoms with Gasteiger partial charge in [0.2, 0.25) is 0 Å². The standard InChI is InChI=1S/C13H19N5/c1-3-5-16-13(11-6-14-10-15-7-11)12-8-17-18(4-2)9-12/h6-10,13,16H,3-5H2,1-2H3. The third-order valence-corrected chi connectivity index (χ3v) is 2.82. The van der Waals surface area contributed by atoms with Crippen molar-refractivity contribution in [2.45, 2.75) is 32.9 Å². The molecule has 0 aromatic carbocycles. The van der Waals surface area contributed by atoms with Crippen molar-refractivity contribution >= 4 is 0 Å². The first-order valence-corrected chi connectivity index (χ1v) is 6.35. The molecule has 0 fully saturated rings. The van der Waals surface area contributed by atoms with E-state index in [0.29, 0.717) is 0 Å². The Morgan fingerprint density at radius 3 is 2.56 bits per heavy atom. The molecule has 2 rings (SSSR count). The number of hydrogen-bond donors (Lipinski definition) is 1. The van der Waals surface area contributed by atoms with Crippen molar-refractivity contribution in [3.05, 3.63) is 42.2 Å². The van der Waals surface area contributed by atoms with Gasteiger partial charge in [0.05, 0.1) is 12.2 Å². The second kappa shape index (κ2) is 6.26. The van der Waals surface area contributed by atoms with Crippen LogP contribution in [0.3, 0.4) is 0 Å². The lowest BCUT2D eigenvalue weighted by atomic mass is 10.1. The van der Waals surface area contributed by atoms with Crippen LogP contribution in [0.1, 0.15) is 37.4 Å². The van der Waals surface area contributed by atoms with Gasteiger partial charge in [-0.3, -0.25) is 4.68 Å². The van der Waals surface area contributed by atoms with Crippen LogP contribution in [0.5, 0.6) is 0 Å². The average molecular weight is 245 g/mol. The summed E-state index contributed by atoms with van der Waals surface area (Å²) in [5.74, 6) is 0. The minimum absolute atomic E-state index is 0.117. The smallest absolute Gasteiger partial charge is 0.115 e. The van der Waals surface area contributed by atoms with Gasteiger partial charge in [-0.05, 0) is 19.9 Å². The summed E-state index contributed by atoms with van der Waals surface area (Å²) in [5.41, 5.74) is 2.22. The summed E-state index contributed by atoms with van der Waals surface area (Å²) in [4.78, 5) is 8.18. The predicted molar refractivity (Wildman–Crippen MR) is 70.1 cm³/mol. The maximum absolute atomic E-state index is 4.33. The maximum atomic E-state index is 4.33. The van der Waals surface area contributed by atoms with Gasteiger partial charge >= 0.3 is 0 Å². The highest BCUT2D eigenvalue weighted by Gasteiger charge is 2.15. The fraction of sp³-hybridized carbons (Fsp3) is 0.462. The quantitative estimate of drug-likeness (QED) is 0.843. The summed E-state index contributed by atoms with van der Waals surface area (Å²) in [6.45, 7) is 6.07. The van der Waals surface area contributed by atoms with Crippen molar-refractivity contribution in [2.24, 2.45) is 0 Å². The zero-order chi connectivity index (χ0) is 12.8. The number of hydrogen-bond acceptors (Lipinski definition) is 4. The minimum atomic E-state index is 0.117. The molecule has 96 valence electrons. The van der Waals surface area contributed by atoms with Gasteiger partial charge in [0, 0.05) is 36.3 Å². The van der Waals surface area contributed by atoms with Crippen LogP contribution in [-0.4, -0.2) is 26.3 Å². The third-order valence-electron chi connectivity index (χ3n) is 2.82. The molecule has 0 saturated heterocycles. The van der Waals surface area contributed by atoms with Gasteiger partial charge in [0.25, 0.3) is 0 Å². The molecule has 0 aliphatic heterocycles. The lowest BCUT2D eigenvalue weighted by Crippen LogP contribution is -2.23. The van der Waals surface area contributed by atoms with E-state index in [0.717, 1.165) is 30.6 Å². The average Bonchev–Trinajstić information content (AvgIpc) is 2.89. The van der Waals surface area contributed by atoms with Gasteiger partial charge in [0.15, 0.2) is 0 Å².